The predicted molar refractivity (Wildman–Crippen MR) is 91.7 cm³/mol. The molecule has 1 saturated heterocycles. The van der Waals surface area contributed by atoms with E-state index in [1.54, 1.807) is 19.5 Å². The fourth-order valence-electron chi connectivity index (χ4n) is 2.69. The maximum Gasteiger partial charge on any atom is 0.234 e. The third-order valence-corrected chi connectivity index (χ3v) is 3.81. The van der Waals surface area contributed by atoms with Crippen molar-refractivity contribution in [3.63, 3.8) is 0 Å². The van der Waals surface area contributed by atoms with Crippen LogP contribution in [-0.4, -0.2) is 42.9 Å². The lowest BCUT2D eigenvalue weighted by Crippen LogP contribution is -2.39. The van der Waals surface area contributed by atoms with Gasteiger partial charge in [0.15, 0.2) is 5.82 Å². The number of ether oxygens (including phenoxy) is 3. The molecule has 0 amide bonds. The zero-order valence-corrected chi connectivity index (χ0v) is 14.3. The van der Waals surface area contributed by atoms with Crippen LogP contribution < -0.4 is 14.4 Å². The molecule has 1 atom stereocenters. The van der Waals surface area contributed by atoms with Crippen molar-refractivity contribution in [2.24, 2.45) is 0 Å². The minimum Gasteiger partial charge on any atom is -0.497 e. The van der Waals surface area contributed by atoms with Gasteiger partial charge in [0.25, 0.3) is 0 Å². The quantitative estimate of drug-likeness (QED) is 0.841. The molecule has 1 aliphatic heterocycles. The summed E-state index contributed by atoms with van der Waals surface area (Å²) in [5.74, 6) is 2.19. The number of aromatic nitrogens is 2. The smallest absolute Gasteiger partial charge is 0.234 e. The second-order valence-electron chi connectivity index (χ2n) is 5.96. The Balaban J connectivity index is 1.75. The van der Waals surface area contributed by atoms with Crippen LogP contribution in [0.5, 0.6) is 11.6 Å². The lowest BCUT2D eigenvalue weighted by molar-refractivity contribution is 0.0393. The van der Waals surface area contributed by atoms with Crippen molar-refractivity contribution >= 4 is 5.82 Å². The van der Waals surface area contributed by atoms with E-state index in [4.69, 9.17) is 14.2 Å². The van der Waals surface area contributed by atoms with E-state index in [0.29, 0.717) is 19.0 Å². The molecule has 128 valence electrons. The molecular weight excluding hydrogens is 306 g/mol. The summed E-state index contributed by atoms with van der Waals surface area (Å²) in [6, 6.07) is 7.98. The molecular formula is C18H23N3O3. The first-order valence-corrected chi connectivity index (χ1v) is 8.15. The van der Waals surface area contributed by atoms with E-state index in [1.807, 2.05) is 32.0 Å². The molecule has 6 heteroatoms. The maximum absolute atomic E-state index is 5.93. The molecule has 2 aromatic rings. The highest BCUT2D eigenvalue weighted by molar-refractivity contribution is 5.40. The lowest BCUT2D eigenvalue weighted by Gasteiger charge is -2.34. The molecule has 0 spiro atoms. The van der Waals surface area contributed by atoms with Gasteiger partial charge in [-0.15, -0.1) is 0 Å². The Kier molecular flexibility index (Phi) is 5.15. The molecule has 0 radical (unpaired) electrons. The van der Waals surface area contributed by atoms with Crippen LogP contribution in [-0.2, 0) is 4.74 Å². The fraction of sp³-hybridized carbons (Fsp3) is 0.444. The average Bonchev–Trinajstić information content (AvgIpc) is 2.61. The van der Waals surface area contributed by atoms with Gasteiger partial charge in [-0.25, -0.2) is 0 Å². The van der Waals surface area contributed by atoms with E-state index in [9.17, 15) is 0 Å². The highest BCUT2D eigenvalue weighted by atomic mass is 16.5. The third-order valence-electron chi connectivity index (χ3n) is 3.81. The van der Waals surface area contributed by atoms with Gasteiger partial charge >= 0.3 is 0 Å². The summed E-state index contributed by atoms with van der Waals surface area (Å²) >= 11 is 0. The van der Waals surface area contributed by atoms with E-state index in [2.05, 4.69) is 20.9 Å². The molecule has 0 N–H and O–H groups in total. The normalized spacial score (nSPS) is 17.8. The molecule has 3 rings (SSSR count). The van der Waals surface area contributed by atoms with Crippen molar-refractivity contribution < 1.29 is 14.2 Å². The number of nitrogens with zero attached hydrogens (tertiary/aromatic N) is 3. The second kappa shape index (κ2) is 7.49. The van der Waals surface area contributed by atoms with Crippen molar-refractivity contribution in [1.29, 1.82) is 0 Å². The number of hydrogen-bond acceptors (Lipinski definition) is 6. The van der Waals surface area contributed by atoms with Crippen LogP contribution in [0.1, 0.15) is 25.5 Å². The summed E-state index contributed by atoms with van der Waals surface area (Å²) < 4.78 is 16.9. The summed E-state index contributed by atoms with van der Waals surface area (Å²) in [4.78, 5) is 11.0. The number of morpholine rings is 1. The van der Waals surface area contributed by atoms with Gasteiger partial charge in [0.2, 0.25) is 5.88 Å². The minimum absolute atomic E-state index is 0.0228. The zero-order valence-electron chi connectivity index (χ0n) is 14.3. The molecule has 0 bridgehead atoms. The maximum atomic E-state index is 5.93. The molecule has 0 aliphatic carbocycles. The molecule has 6 nitrogen and oxygen atoms in total. The summed E-state index contributed by atoms with van der Waals surface area (Å²) in [6.07, 6.45) is 3.46. The van der Waals surface area contributed by atoms with Gasteiger partial charge in [-0.2, -0.15) is 4.98 Å². The molecule has 24 heavy (non-hydrogen) atoms. The van der Waals surface area contributed by atoms with Gasteiger partial charge in [0.1, 0.15) is 11.9 Å². The van der Waals surface area contributed by atoms with Gasteiger partial charge < -0.3 is 19.1 Å². The second-order valence-corrected chi connectivity index (χ2v) is 5.96. The van der Waals surface area contributed by atoms with E-state index in [1.165, 1.54) is 0 Å². The molecule has 0 saturated carbocycles. The van der Waals surface area contributed by atoms with Crippen molar-refractivity contribution in [3.05, 3.63) is 42.2 Å². The molecule has 1 aliphatic rings. The summed E-state index contributed by atoms with van der Waals surface area (Å²) in [5, 5.41) is 0. The molecule has 1 aromatic carbocycles. The van der Waals surface area contributed by atoms with Crippen molar-refractivity contribution in [3.8, 4) is 11.6 Å². The fourth-order valence-corrected chi connectivity index (χ4v) is 2.69. The van der Waals surface area contributed by atoms with Crippen molar-refractivity contribution in [2.75, 3.05) is 31.7 Å². The van der Waals surface area contributed by atoms with Gasteiger partial charge in [-0.3, -0.25) is 4.98 Å². The van der Waals surface area contributed by atoms with E-state index in [0.717, 1.165) is 23.7 Å². The Hall–Kier alpha value is -2.34. The first kappa shape index (κ1) is 16.5. The minimum atomic E-state index is -0.0228. The van der Waals surface area contributed by atoms with Crippen LogP contribution in [0.4, 0.5) is 5.82 Å². The first-order chi connectivity index (χ1) is 11.7. The Bertz CT molecular complexity index is 678. The summed E-state index contributed by atoms with van der Waals surface area (Å²) in [7, 11) is 1.67. The van der Waals surface area contributed by atoms with Crippen molar-refractivity contribution in [2.45, 2.75) is 26.1 Å². The topological polar surface area (TPSA) is 56.7 Å². The van der Waals surface area contributed by atoms with E-state index in [-0.39, 0.29) is 12.2 Å². The highest BCUT2D eigenvalue weighted by Gasteiger charge is 2.23. The lowest BCUT2D eigenvalue weighted by atomic mass is 10.1. The Morgan fingerprint density at radius 3 is 2.96 bits per heavy atom. The van der Waals surface area contributed by atoms with Crippen LogP contribution >= 0.6 is 0 Å². The Morgan fingerprint density at radius 1 is 1.29 bits per heavy atom. The largest absolute Gasteiger partial charge is 0.497 e. The molecule has 1 fully saturated rings. The van der Waals surface area contributed by atoms with Crippen molar-refractivity contribution in [1.82, 2.24) is 9.97 Å². The standard InChI is InChI=1S/C18H23N3O3/c1-13(2)24-18-11-19-10-17(20-18)21-7-8-23-16(12-21)14-5-4-6-15(9-14)22-3/h4-6,9-11,13,16H,7-8,12H2,1-3H3. The van der Waals surface area contributed by atoms with E-state index < -0.39 is 0 Å². The number of anilines is 1. The van der Waals surface area contributed by atoms with Crippen LogP contribution in [0.3, 0.4) is 0 Å². The Morgan fingerprint density at radius 2 is 2.17 bits per heavy atom. The average molecular weight is 329 g/mol. The Labute approximate surface area is 142 Å². The SMILES string of the molecule is COc1cccc(C2CN(c3cncc(OC(C)C)n3)CCO2)c1. The summed E-state index contributed by atoms with van der Waals surface area (Å²) in [6.45, 7) is 6.08. The number of rotatable bonds is 5. The predicted octanol–water partition coefficient (Wildman–Crippen LogP) is 2.85. The number of hydrogen-bond donors (Lipinski definition) is 0. The molecule has 1 unspecified atom stereocenters. The van der Waals surface area contributed by atoms with E-state index >= 15 is 0 Å². The third kappa shape index (κ3) is 3.94. The molecule has 2 heterocycles. The van der Waals surface area contributed by atoms with Gasteiger partial charge in [0.05, 0.1) is 32.2 Å². The molecule has 1 aromatic heterocycles. The highest BCUT2D eigenvalue weighted by Crippen LogP contribution is 2.27. The van der Waals surface area contributed by atoms with Crippen LogP contribution in [0.25, 0.3) is 0 Å². The monoisotopic (exact) mass is 329 g/mol. The summed E-state index contributed by atoms with van der Waals surface area (Å²) in [5.41, 5.74) is 1.10. The van der Waals surface area contributed by atoms with Crippen LogP contribution in [0, 0.1) is 0 Å². The van der Waals surface area contributed by atoms with Gasteiger partial charge in [-0.05, 0) is 31.5 Å². The van der Waals surface area contributed by atoms with Gasteiger partial charge in [-0.1, -0.05) is 12.1 Å². The number of benzene rings is 1. The first-order valence-electron chi connectivity index (χ1n) is 8.15. The number of methoxy groups -OCH3 is 1. The van der Waals surface area contributed by atoms with Gasteiger partial charge in [0, 0.05) is 13.1 Å². The van der Waals surface area contributed by atoms with Crippen LogP contribution in [0.15, 0.2) is 36.7 Å². The zero-order chi connectivity index (χ0) is 16.9. The van der Waals surface area contributed by atoms with Crippen LogP contribution in [0.2, 0.25) is 0 Å².